The Morgan fingerprint density at radius 1 is 1.50 bits per heavy atom. The maximum absolute atomic E-state index is 9.49. The van der Waals surface area contributed by atoms with Crippen molar-refractivity contribution >= 4 is 0 Å². The molecule has 0 saturated carbocycles. The molecule has 96 valence electrons. The number of hydrogen-bond donors (Lipinski definition) is 1. The summed E-state index contributed by atoms with van der Waals surface area (Å²) in [6, 6.07) is 3.49. The van der Waals surface area contributed by atoms with Crippen LogP contribution in [0.25, 0.3) is 0 Å². The summed E-state index contributed by atoms with van der Waals surface area (Å²) in [6.07, 6.45) is 5.61. The lowest BCUT2D eigenvalue weighted by Gasteiger charge is -2.06. The third-order valence-electron chi connectivity index (χ3n) is 2.53. The fraction of sp³-hybridized carbons (Fsp3) is 0.385. The molecule has 0 saturated heterocycles. The van der Waals surface area contributed by atoms with E-state index in [4.69, 9.17) is 4.74 Å². The monoisotopic (exact) mass is 247 g/mol. The molecule has 18 heavy (non-hydrogen) atoms. The Hall–Kier alpha value is -1.88. The first kappa shape index (κ1) is 12.6. The van der Waals surface area contributed by atoms with E-state index in [1.165, 1.54) is 0 Å². The Morgan fingerprint density at radius 2 is 2.33 bits per heavy atom. The van der Waals surface area contributed by atoms with Crippen LogP contribution >= 0.6 is 0 Å². The first-order valence-corrected chi connectivity index (χ1v) is 6.03. The second-order valence-electron chi connectivity index (χ2n) is 4.14. The van der Waals surface area contributed by atoms with Gasteiger partial charge in [-0.3, -0.25) is 4.68 Å². The van der Waals surface area contributed by atoms with E-state index in [0.717, 1.165) is 18.5 Å². The van der Waals surface area contributed by atoms with Crippen molar-refractivity contribution in [3.63, 3.8) is 0 Å². The van der Waals surface area contributed by atoms with Crippen LogP contribution in [0.4, 0.5) is 0 Å². The highest BCUT2D eigenvalue weighted by Crippen LogP contribution is 2.21. The van der Waals surface area contributed by atoms with Crippen LogP contribution in [0.15, 0.2) is 30.7 Å². The molecule has 2 aromatic rings. The van der Waals surface area contributed by atoms with Gasteiger partial charge in [0.05, 0.1) is 18.5 Å². The van der Waals surface area contributed by atoms with Gasteiger partial charge in [-0.05, 0) is 25.0 Å². The van der Waals surface area contributed by atoms with Crippen LogP contribution in [0.2, 0.25) is 0 Å². The van der Waals surface area contributed by atoms with Crippen LogP contribution in [0.3, 0.4) is 0 Å². The third kappa shape index (κ3) is 3.07. The lowest BCUT2D eigenvalue weighted by atomic mass is 10.2. The highest BCUT2D eigenvalue weighted by Gasteiger charge is 2.05. The number of aliphatic hydroxyl groups excluding tert-OH is 1. The Labute approximate surface area is 106 Å². The van der Waals surface area contributed by atoms with Crippen LogP contribution in [-0.4, -0.2) is 19.9 Å². The highest BCUT2D eigenvalue weighted by molar-refractivity contribution is 5.26. The van der Waals surface area contributed by atoms with E-state index in [9.17, 15) is 5.11 Å². The van der Waals surface area contributed by atoms with Gasteiger partial charge in [0.15, 0.2) is 5.75 Å². The number of aryl methyl sites for hydroxylation is 1. The summed E-state index contributed by atoms with van der Waals surface area (Å²) in [5, 5.41) is 13.7. The fourth-order valence-corrected chi connectivity index (χ4v) is 1.61. The molecule has 2 aromatic heterocycles. The summed E-state index contributed by atoms with van der Waals surface area (Å²) in [5.74, 6) is 1.11. The zero-order valence-electron chi connectivity index (χ0n) is 10.6. The molecule has 5 nitrogen and oxygen atoms in total. The van der Waals surface area contributed by atoms with E-state index in [0.29, 0.717) is 11.6 Å². The SMILES string of the molecule is CCCn1cc(Oc2cc(C(C)O)ccn2)cn1. The molecule has 0 amide bonds. The van der Waals surface area contributed by atoms with Crippen molar-refractivity contribution in [2.24, 2.45) is 0 Å². The molecule has 1 N–H and O–H groups in total. The lowest BCUT2D eigenvalue weighted by molar-refractivity contribution is 0.198. The third-order valence-corrected chi connectivity index (χ3v) is 2.53. The smallest absolute Gasteiger partial charge is 0.219 e. The van der Waals surface area contributed by atoms with Crippen molar-refractivity contribution in [1.82, 2.24) is 14.8 Å². The van der Waals surface area contributed by atoms with E-state index in [1.54, 1.807) is 31.5 Å². The van der Waals surface area contributed by atoms with Gasteiger partial charge in [0.1, 0.15) is 0 Å². The average Bonchev–Trinajstić information content (AvgIpc) is 2.77. The Balaban J connectivity index is 2.10. The zero-order valence-corrected chi connectivity index (χ0v) is 10.6. The topological polar surface area (TPSA) is 60.2 Å². The molecule has 0 aromatic carbocycles. The quantitative estimate of drug-likeness (QED) is 0.882. The number of aliphatic hydroxyl groups is 1. The molecule has 2 heterocycles. The Kier molecular flexibility index (Phi) is 3.94. The summed E-state index contributed by atoms with van der Waals surface area (Å²) in [6.45, 7) is 4.67. The largest absolute Gasteiger partial charge is 0.436 e. The number of nitrogens with zero attached hydrogens (tertiary/aromatic N) is 3. The second-order valence-corrected chi connectivity index (χ2v) is 4.14. The number of hydrogen-bond acceptors (Lipinski definition) is 4. The lowest BCUT2D eigenvalue weighted by Crippen LogP contribution is -1.96. The fourth-order valence-electron chi connectivity index (χ4n) is 1.61. The highest BCUT2D eigenvalue weighted by atomic mass is 16.5. The van der Waals surface area contributed by atoms with Crippen molar-refractivity contribution in [3.8, 4) is 11.6 Å². The number of pyridine rings is 1. The van der Waals surface area contributed by atoms with Gasteiger partial charge in [-0.2, -0.15) is 5.10 Å². The van der Waals surface area contributed by atoms with Crippen LogP contribution < -0.4 is 4.74 Å². The molecule has 0 spiro atoms. The maximum atomic E-state index is 9.49. The molecular formula is C13H17N3O2. The predicted molar refractivity (Wildman–Crippen MR) is 67.5 cm³/mol. The first-order chi connectivity index (χ1) is 8.69. The molecule has 0 fully saturated rings. The molecule has 2 rings (SSSR count). The number of aromatic nitrogens is 3. The van der Waals surface area contributed by atoms with Crippen molar-refractivity contribution in [3.05, 3.63) is 36.3 Å². The van der Waals surface area contributed by atoms with E-state index in [2.05, 4.69) is 17.0 Å². The molecule has 1 atom stereocenters. The van der Waals surface area contributed by atoms with E-state index < -0.39 is 6.10 Å². The molecule has 5 heteroatoms. The predicted octanol–water partition coefficient (Wildman–Crippen LogP) is 2.53. The van der Waals surface area contributed by atoms with Gasteiger partial charge in [-0.15, -0.1) is 0 Å². The maximum Gasteiger partial charge on any atom is 0.219 e. The first-order valence-electron chi connectivity index (χ1n) is 6.03. The minimum Gasteiger partial charge on any atom is -0.436 e. The van der Waals surface area contributed by atoms with Gasteiger partial charge in [-0.25, -0.2) is 4.98 Å². The van der Waals surface area contributed by atoms with Gasteiger partial charge in [0.25, 0.3) is 0 Å². The summed E-state index contributed by atoms with van der Waals surface area (Å²) >= 11 is 0. The Bertz CT molecular complexity index is 508. The molecule has 1 unspecified atom stereocenters. The van der Waals surface area contributed by atoms with Crippen molar-refractivity contribution < 1.29 is 9.84 Å². The summed E-state index contributed by atoms with van der Waals surface area (Å²) in [5.41, 5.74) is 0.779. The minimum atomic E-state index is -0.529. The summed E-state index contributed by atoms with van der Waals surface area (Å²) in [4.78, 5) is 4.10. The van der Waals surface area contributed by atoms with E-state index >= 15 is 0 Å². The standard InChI is InChI=1S/C13H17N3O2/c1-3-6-16-9-12(8-15-16)18-13-7-11(10(2)17)4-5-14-13/h4-5,7-10,17H,3,6H2,1-2H3. The van der Waals surface area contributed by atoms with Gasteiger partial charge in [0.2, 0.25) is 5.88 Å². The molecule has 0 aliphatic carbocycles. The van der Waals surface area contributed by atoms with Gasteiger partial charge < -0.3 is 9.84 Å². The number of rotatable bonds is 5. The van der Waals surface area contributed by atoms with Crippen LogP contribution in [0, 0.1) is 0 Å². The Morgan fingerprint density at radius 3 is 3.06 bits per heavy atom. The summed E-state index contributed by atoms with van der Waals surface area (Å²) in [7, 11) is 0. The molecule has 0 aliphatic rings. The normalized spacial score (nSPS) is 12.4. The van der Waals surface area contributed by atoms with Crippen LogP contribution in [0.5, 0.6) is 11.6 Å². The molecule has 0 radical (unpaired) electrons. The zero-order chi connectivity index (χ0) is 13.0. The number of ether oxygens (including phenoxy) is 1. The van der Waals surface area contributed by atoms with Crippen molar-refractivity contribution in [2.45, 2.75) is 32.9 Å². The van der Waals surface area contributed by atoms with Crippen LogP contribution in [0.1, 0.15) is 31.9 Å². The van der Waals surface area contributed by atoms with Gasteiger partial charge in [-0.1, -0.05) is 6.92 Å². The second kappa shape index (κ2) is 5.64. The summed E-state index contributed by atoms with van der Waals surface area (Å²) < 4.78 is 7.42. The van der Waals surface area contributed by atoms with E-state index in [-0.39, 0.29) is 0 Å². The van der Waals surface area contributed by atoms with Crippen molar-refractivity contribution in [1.29, 1.82) is 0 Å². The van der Waals surface area contributed by atoms with Gasteiger partial charge >= 0.3 is 0 Å². The van der Waals surface area contributed by atoms with E-state index in [1.807, 2.05) is 10.9 Å². The molecule has 0 bridgehead atoms. The van der Waals surface area contributed by atoms with Crippen molar-refractivity contribution in [2.75, 3.05) is 0 Å². The minimum absolute atomic E-state index is 0.462. The average molecular weight is 247 g/mol. The van der Waals surface area contributed by atoms with Crippen LogP contribution in [-0.2, 0) is 6.54 Å². The molecule has 0 aliphatic heterocycles. The van der Waals surface area contributed by atoms with Gasteiger partial charge in [0, 0.05) is 18.8 Å². The molecular weight excluding hydrogens is 230 g/mol.